The topological polar surface area (TPSA) is 101 Å². The number of anilines is 2. The van der Waals surface area contributed by atoms with E-state index in [1.807, 2.05) is 29.5 Å². The van der Waals surface area contributed by atoms with E-state index in [9.17, 15) is 19.6 Å². The minimum absolute atomic E-state index is 0.00708. The number of rotatable bonds is 7. The molecule has 218 valence electrons. The SMILES string of the molecule is CCc1nc2cc(F)c(C3CCN(CC(=O)N4CC(O)C4)CC3)cn2c1N(C)c1nc(-c2ccc(F)cc2)c(C#N)s1. The molecule has 2 aliphatic heterocycles. The molecule has 0 unspecified atom stereocenters. The van der Waals surface area contributed by atoms with Gasteiger partial charge < -0.3 is 14.9 Å². The number of carbonyl (C=O) groups is 1. The van der Waals surface area contributed by atoms with Crippen molar-refractivity contribution in [2.24, 2.45) is 0 Å². The van der Waals surface area contributed by atoms with Gasteiger partial charge in [-0.2, -0.15) is 5.26 Å². The zero-order chi connectivity index (χ0) is 29.5. The van der Waals surface area contributed by atoms with E-state index in [1.165, 1.54) is 29.5 Å². The Labute approximate surface area is 246 Å². The average molecular weight is 592 g/mol. The van der Waals surface area contributed by atoms with Gasteiger partial charge >= 0.3 is 0 Å². The maximum absolute atomic E-state index is 15.5. The van der Waals surface area contributed by atoms with Crippen LogP contribution in [0.4, 0.5) is 19.7 Å². The Balaban J connectivity index is 1.26. The van der Waals surface area contributed by atoms with Crippen molar-refractivity contribution in [1.82, 2.24) is 24.2 Å². The van der Waals surface area contributed by atoms with E-state index in [-0.39, 0.29) is 23.5 Å². The van der Waals surface area contributed by atoms with Crippen LogP contribution in [-0.2, 0) is 11.2 Å². The number of aliphatic hydroxyl groups excluding tert-OH is 1. The van der Waals surface area contributed by atoms with Gasteiger partial charge in [0.2, 0.25) is 5.91 Å². The minimum Gasteiger partial charge on any atom is -0.389 e. The van der Waals surface area contributed by atoms with Crippen LogP contribution in [0.25, 0.3) is 16.9 Å². The highest BCUT2D eigenvalue weighted by Gasteiger charge is 2.31. The molecule has 42 heavy (non-hydrogen) atoms. The molecule has 1 N–H and O–H groups in total. The Morgan fingerprint density at radius 3 is 2.55 bits per heavy atom. The molecule has 6 rings (SSSR count). The van der Waals surface area contributed by atoms with Crippen LogP contribution in [0.2, 0.25) is 0 Å². The lowest BCUT2D eigenvalue weighted by Gasteiger charge is -2.38. The molecule has 5 heterocycles. The zero-order valence-electron chi connectivity index (χ0n) is 23.4. The van der Waals surface area contributed by atoms with Crippen molar-refractivity contribution < 1.29 is 18.7 Å². The summed E-state index contributed by atoms with van der Waals surface area (Å²) >= 11 is 1.24. The molecule has 4 aromatic rings. The number of likely N-dealkylation sites (tertiary alicyclic amines) is 2. The number of imidazole rings is 1. The minimum atomic E-state index is -0.418. The summed E-state index contributed by atoms with van der Waals surface area (Å²) in [6.45, 7) is 4.46. The second-order valence-electron chi connectivity index (χ2n) is 10.9. The Morgan fingerprint density at radius 2 is 1.90 bits per heavy atom. The normalized spacial score (nSPS) is 16.5. The molecule has 0 spiro atoms. The average Bonchev–Trinajstić information content (AvgIpc) is 3.57. The Bertz CT molecular complexity index is 1670. The van der Waals surface area contributed by atoms with E-state index in [2.05, 4.69) is 11.0 Å². The van der Waals surface area contributed by atoms with Gasteiger partial charge in [-0.15, -0.1) is 0 Å². The van der Waals surface area contributed by atoms with Gasteiger partial charge in [0.15, 0.2) is 5.13 Å². The molecule has 2 aliphatic rings. The largest absolute Gasteiger partial charge is 0.389 e. The fourth-order valence-corrected chi connectivity index (χ4v) is 6.63. The third kappa shape index (κ3) is 5.24. The van der Waals surface area contributed by atoms with Crippen LogP contribution in [0.3, 0.4) is 0 Å². The number of benzene rings is 1. The molecular weight excluding hydrogens is 560 g/mol. The number of aliphatic hydroxyl groups is 1. The molecule has 9 nitrogen and oxygen atoms in total. The predicted octanol–water partition coefficient (Wildman–Crippen LogP) is 4.32. The number of halogens is 2. The van der Waals surface area contributed by atoms with Gasteiger partial charge in [-0.05, 0) is 62.5 Å². The number of β-amino-alcohol motifs (C(OH)–C–C–N with tert-alkyl or cyclic N) is 1. The van der Waals surface area contributed by atoms with Crippen molar-refractivity contribution in [3.05, 3.63) is 64.3 Å². The first kappa shape index (κ1) is 28.2. The quantitative estimate of drug-likeness (QED) is 0.342. The summed E-state index contributed by atoms with van der Waals surface area (Å²) < 4.78 is 30.9. The molecule has 2 saturated heterocycles. The van der Waals surface area contributed by atoms with E-state index in [4.69, 9.17) is 9.97 Å². The lowest BCUT2D eigenvalue weighted by Crippen LogP contribution is -2.56. The number of nitrogens with zero attached hydrogens (tertiary/aromatic N) is 7. The first-order chi connectivity index (χ1) is 20.2. The van der Waals surface area contributed by atoms with E-state index in [0.717, 1.165) is 24.4 Å². The molecule has 0 bridgehead atoms. The lowest BCUT2D eigenvalue weighted by atomic mass is 9.90. The summed E-state index contributed by atoms with van der Waals surface area (Å²) in [4.78, 5) is 27.9. The molecule has 1 amide bonds. The summed E-state index contributed by atoms with van der Waals surface area (Å²) in [5.74, 6) is 0.101. The molecule has 1 aromatic carbocycles. The van der Waals surface area contributed by atoms with Crippen molar-refractivity contribution >= 4 is 33.8 Å². The Kier molecular flexibility index (Phi) is 7.66. The maximum Gasteiger partial charge on any atom is 0.236 e. The number of piperidine rings is 1. The lowest BCUT2D eigenvalue weighted by molar-refractivity contribution is -0.142. The maximum atomic E-state index is 15.5. The van der Waals surface area contributed by atoms with Crippen LogP contribution in [0, 0.1) is 23.0 Å². The molecule has 0 atom stereocenters. The number of aryl methyl sites for hydroxylation is 1. The van der Waals surface area contributed by atoms with Gasteiger partial charge in [0.1, 0.15) is 39.7 Å². The zero-order valence-corrected chi connectivity index (χ0v) is 24.2. The third-order valence-electron chi connectivity index (χ3n) is 8.16. The summed E-state index contributed by atoms with van der Waals surface area (Å²) in [6, 6.07) is 9.58. The van der Waals surface area contributed by atoms with Crippen LogP contribution in [0.1, 0.15) is 41.8 Å². The van der Waals surface area contributed by atoms with Crippen molar-refractivity contribution in [1.29, 1.82) is 5.26 Å². The summed E-state index contributed by atoms with van der Waals surface area (Å²) in [7, 11) is 1.85. The van der Waals surface area contributed by atoms with Crippen molar-refractivity contribution in [2.45, 2.75) is 38.2 Å². The number of aromatic nitrogens is 3. The number of nitriles is 1. The van der Waals surface area contributed by atoms with Crippen LogP contribution < -0.4 is 4.90 Å². The fraction of sp³-hybridized carbons (Fsp3) is 0.400. The standard InChI is InChI=1S/C30H31F2N7O2S/c1-3-24-29(36(2)30-35-28(25(13-33)42-30)19-4-6-20(31)7-5-19)39-16-22(23(32)12-26(39)34-24)18-8-10-37(11-9-18)17-27(41)38-14-21(40)15-38/h4-7,12,16,18,21,40H,3,8-11,14-15,17H2,1-2H3. The van der Waals surface area contributed by atoms with Crippen LogP contribution in [0.15, 0.2) is 36.5 Å². The second-order valence-corrected chi connectivity index (χ2v) is 11.9. The first-order valence-corrected chi connectivity index (χ1v) is 14.9. The first-order valence-electron chi connectivity index (χ1n) is 14.0. The fourth-order valence-electron chi connectivity index (χ4n) is 5.78. The van der Waals surface area contributed by atoms with E-state index >= 15 is 4.39 Å². The molecule has 2 fully saturated rings. The highest BCUT2D eigenvalue weighted by atomic mass is 32.1. The van der Waals surface area contributed by atoms with Gasteiger partial charge in [0.25, 0.3) is 0 Å². The molecule has 3 aromatic heterocycles. The number of pyridine rings is 1. The van der Waals surface area contributed by atoms with Gasteiger partial charge in [0, 0.05) is 43.5 Å². The number of fused-ring (bicyclic) bond motifs is 1. The Hall–Kier alpha value is -3.92. The highest BCUT2D eigenvalue weighted by molar-refractivity contribution is 7.16. The van der Waals surface area contributed by atoms with Crippen molar-refractivity contribution in [2.75, 3.05) is 44.7 Å². The summed E-state index contributed by atoms with van der Waals surface area (Å²) in [5.41, 5.74) is 3.01. The van der Waals surface area contributed by atoms with E-state index in [0.29, 0.717) is 71.6 Å². The monoisotopic (exact) mass is 591 g/mol. The van der Waals surface area contributed by atoms with Crippen molar-refractivity contribution in [3.8, 4) is 17.3 Å². The predicted molar refractivity (Wildman–Crippen MR) is 156 cm³/mol. The molecule has 0 radical (unpaired) electrons. The van der Waals surface area contributed by atoms with Crippen molar-refractivity contribution in [3.63, 3.8) is 0 Å². The molecule has 12 heteroatoms. The van der Waals surface area contributed by atoms with Gasteiger partial charge in [-0.1, -0.05) is 18.3 Å². The third-order valence-corrected chi connectivity index (χ3v) is 9.19. The van der Waals surface area contributed by atoms with Crippen LogP contribution in [-0.4, -0.2) is 81.1 Å². The molecule has 0 saturated carbocycles. The number of thiazole rings is 1. The Morgan fingerprint density at radius 1 is 1.19 bits per heavy atom. The number of carbonyl (C=O) groups excluding carboxylic acids is 1. The molecule has 0 aliphatic carbocycles. The van der Waals surface area contributed by atoms with E-state index < -0.39 is 6.10 Å². The number of amides is 1. The van der Waals surface area contributed by atoms with Gasteiger partial charge in [-0.3, -0.25) is 14.1 Å². The smallest absolute Gasteiger partial charge is 0.236 e. The van der Waals surface area contributed by atoms with E-state index in [1.54, 1.807) is 17.0 Å². The highest BCUT2D eigenvalue weighted by Crippen LogP contribution is 2.38. The van der Waals surface area contributed by atoms with Crippen LogP contribution in [0.5, 0.6) is 0 Å². The number of hydrogen-bond acceptors (Lipinski definition) is 8. The van der Waals surface area contributed by atoms with Gasteiger partial charge in [0.05, 0.1) is 18.3 Å². The summed E-state index contributed by atoms with van der Waals surface area (Å²) in [5, 5.41) is 19.8. The number of hydrogen-bond donors (Lipinski definition) is 1. The summed E-state index contributed by atoms with van der Waals surface area (Å²) in [6.07, 6.45) is 3.46. The second kappa shape index (κ2) is 11.4. The van der Waals surface area contributed by atoms with Crippen LogP contribution >= 0.6 is 11.3 Å². The molecular formula is C30H31F2N7O2S. The van der Waals surface area contributed by atoms with Gasteiger partial charge in [-0.25, -0.2) is 18.7 Å².